The Morgan fingerprint density at radius 2 is 1.00 bits per heavy atom. The van der Waals surface area contributed by atoms with Crippen LogP contribution in [-0.2, 0) is 24.9 Å². The SMILES string of the molecule is CON(S(=O)(=O)c1ccc(C)cc1)S(=O)(=O)c1ccc(C)cc1. The quantitative estimate of drug-likeness (QED) is 0.769. The molecule has 2 aromatic carbocycles. The third kappa shape index (κ3) is 3.45. The zero-order chi connectivity index (χ0) is 17.3. The number of benzene rings is 2. The van der Waals surface area contributed by atoms with Gasteiger partial charge in [0.05, 0.1) is 16.9 Å². The van der Waals surface area contributed by atoms with Crippen LogP contribution in [0.3, 0.4) is 0 Å². The van der Waals surface area contributed by atoms with Crippen molar-refractivity contribution < 1.29 is 21.7 Å². The highest BCUT2D eigenvalue weighted by atomic mass is 32.3. The molecule has 0 radical (unpaired) electrons. The summed E-state index contributed by atoms with van der Waals surface area (Å²) in [5.74, 6) is 0. The number of sulfonamides is 2. The normalized spacial score (nSPS) is 12.5. The first kappa shape index (κ1) is 17.6. The van der Waals surface area contributed by atoms with E-state index in [0.29, 0.717) is 0 Å². The number of rotatable bonds is 5. The molecule has 0 aliphatic heterocycles. The van der Waals surface area contributed by atoms with Crippen LogP contribution in [0.5, 0.6) is 0 Å². The van der Waals surface area contributed by atoms with Crippen molar-refractivity contribution in [3.8, 4) is 0 Å². The summed E-state index contributed by atoms with van der Waals surface area (Å²) >= 11 is 0. The van der Waals surface area contributed by atoms with E-state index in [1.807, 2.05) is 0 Å². The molecule has 0 spiro atoms. The van der Waals surface area contributed by atoms with Crippen LogP contribution in [0.2, 0.25) is 0 Å². The lowest BCUT2D eigenvalue weighted by molar-refractivity contribution is 0.0290. The van der Waals surface area contributed by atoms with E-state index < -0.39 is 20.0 Å². The molecular formula is C15H17NO5S2. The molecule has 0 bridgehead atoms. The zero-order valence-electron chi connectivity index (χ0n) is 12.9. The van der Waals surface area contributed by atoms with E-state index in [1.165, 1.54) is 24.3 Å². The monoisotopic (exact) mass is 355 g/mol. The molecule has 0 aliphatic rings. The van der Waals surface area contributed by atoms with E-state index in [2.05, 4.69) is 0 Å². The van der Waals surface area contributed by atoms with Crippen LogP contribution in [0.4, 0.5) is 0 Å². The molecule has 0 aliphatic carbocycles. The highest BCUT2D eigenvalue weighted by molar-refractivity contribution is 8.03. The summed E-state index contributed by atoms with van der Waals surface area (Å²) in [5.41, 5.74) is 1.71. The molecule has 0 heterocycles. The van der Waals surface area contributed by atoms with Gasteiger partial charge in [0, 0.05) is 3.87 Å². The second-order valence-corrected chi connectivity index (χ2v) is 8.72. The molecule has 0 saturated heterocycles. The number of aryl methyl sites for hydroxylation is 2. The van der Waals surface area contributed by atoms with Crippen molar-refractivity contribution in [1.29, 1.82) is 0 Å². The molecule has 124 valence electrons. The summed E-state index contributed by atoms with van der Waals surface area (Å²) in [6, 6.07) is 11.7. The van der Waals surface area contributed by atoms with Crippen molar-refractivity contribution in [2.75, 3.05) is 7.11 Å². The van der Waals surface area contributed by atoms with E-state index >= 15 is 0 Å². The fraction of sp³-hybridized carbons (Fsp3) is 0.200. The minimum atomic E-state index is -4.36. The van der Waals surface area contributed by atoms with Crippen LogP contribution in [-0.4, -0.2) is 27.8 Å². The van der Waals surface area contributed by atoms with Crippen molar-refractivity contribution in [2.24, 2.45) is 0 Å². The minimum absolute atomic E-state index is 0.0370. The van der Waals surface area contributed by atoms with E-state index in [0.717, 1.165) is 18.2 Å². The van der Waals surface area contributed by atoms with Gasteiger partial charge in [0.1, 0.15) is 0 Å². The molecule has 0 aromatic heterocycles. The average molecular weight is 355 g/mol. The van der Waals surface area contributed by atoms with Crippen molar-refractivity contribution in [1.82, 2.24) is 3.87 Å². The Hall–Kier alpha value is -1.74. The van der Waals surface area contributed by atoms with Gasteiger partial charge in [-0.2, -0.15) is 0 Å². The first-order valence-corrected chi connectivity index (χ1v) is 9.55. The number of hydrogen-bond acceptors (Lipinski definition) is 5. The molecule has 8 heteroatoms. The minimum Gasteiger partial charge on any atom is -0.273 e. The highest BCUT2D eigenvalue weighted by Crippen LogP contribution is 2.24. The summed E-state index contributed by atoms with van der Waals surface area (Å²) in [7, 11) is -7.72. The Morgan fingerprint density at radius 3 is 1.26 bits per heavy atom. The molecule has 23 heavy (non-hydrogen) atoms. The molecule has 2 rings (SSSR count). The molecule has 0 unspecified atom stereocenters. The summed E-state index contributed by atoms with van der Waals surface area (Å²) in [6.07, 6.45) is 0. The fourth-order valence-corrected chi connectivity index (χ4v) is 5.16. The van der Waals surface area contributed by atoms with Crippen LogP contribution in [0.15, 0.2) is 58.3 Å². The van der Waals surface area contributed by atoms with E-state index in [1.54, 1.807) is 38.1 Å². The van der Waals surface area contributed by atoms with Crippen LogP contribution < -0.4 is 0 Å². The molecule has 6 nitrogen and oxygen atoms in total. The third-order valence-corrected chi connectivity index (χ3v) is 7.18. The van der Waals surface area contributed by atoms with Crippen LogP contribution in [0, 0.1) is 13.8 Å². The fourth-order valence-electron chi connectivity index (χ4n) is 1.92. The van der Waals surface area contributed by atoms with Gasteiger partial charge in [0.15, 0.2) is 0 Å². The molecular weight excluding hydrogens is 338 g/mol. The predicted molar refractivity (Wildman–Crippen MR) is 85.6 cm³/mol. The molecule has 0 saturated carbocycles. The Balaban J connectivity index is 2.53. The summed E-state index contributed by atoms with van der Waals surface area (Å²) < 4.78 is 50.4. The third-order valence-electron chi connectivity index (χ3n) is 3.18. The van der Waals surface area contributed by atoms with Gasteiger partial charge in [-0.3, -0.25) is 4.84 Å². The van der Waals surface area contributed by atoms with Gasteiger partial charge in [-0.1, -0.05) is 35.4 Å². The van der Waals surface area contributed by atoms with Gasteiger partial charge >= 0.3 is 0 Å². The van der Waals surface area contributed by atoms with Gasteiger partial charge < -0.3 is 0 Å². The molecule has 0 atom stereocenters. The van der Waals surface area contributed by atoms with Crippen molar-refractivity contribution >= 4 is 20.0 Å². The highest BCUT2D eigenvalue weighted by Gasteiger charge is 2.37. The lowest BCUT2D eigenvalue weighted by Crippen LogP contribution is -2.36. The van der Waals surface area contributed by atoms with Crippen molar-refractivity contribution in [2.45, 2.75) is 23.6 Å². The average Bonchev–Trinajstić information content (AvgIpc) is 2.48. The van der Waals surface area contributed by atoms with Crippen molar-refractivity contribution in [3.05, 3.63) is 59.7 Å². The second kappa shape index (κ2) is 6.40. The largest absolute Gasteiger partial charge is 0.279 e. The van der Waals surface area contributed by atoms with Crippen LogP contribution in [0.25, 0.3) is 0 Å². The van der Waals surface area contributed by atoms with Gasteiger partial charge in [-0.15, -0.1) is 0 Å². The van der Waals surface area contributed by atoms with E-state index in [-0.39, 0.29) is 13.7 Å². The van der Waals surface area contributed by atoms with Gasteiger partial charge in [0.2, 0.25) is 0 Å². The summed E-state index contributed by atoms with van der Waals surface area (Å²) in [5, 5.41) is 0. The van der Waals surface area contributed by atoms with E-state index in [4.69, 9.17) is 4.84 Å². The standard InChI is InChI=1S/C15H17NO5S2/c1-12-4-8-14(9-5-12)22(17,18)16(21-3)23(19,20)15-10-6-13(2)7-11-15/h4-11H,1-3H3. The first-order valence-electron chi connectivity index (χ1n) is 6.67. The Bertz CT molecular complexity index is 810. The first-order chi connectivity index (χ1) is 10.7. The summed E-state index contributed by atoms with van der Waals surface area (Å²) in [6.45, 7) is 3.60. The van der Waals surface area contributed by atoms with Crippen molar-refractivity contribution in [3.63, 3.8) is 0 Å². The lowest BCUT2D eigenvalue weighted by Gasteiger charge is -2.19. The molecule has 0 N–H and O–H groups in total. The smallest absolute Gasteiger partial charge is 0.273 e. The lowest BCUT2D eigenvalue weighted by atomic mass is 10.2. The van der Waals surface area contributed by atoms with Crippen LogP contribution >= 0.6 is 0 Å². The maximum Gasteiger partial charge on any atom is 0.279 e. The topological polar surface area (TPSA) is 80.8 Å². The van der Waals surface area contributed by atoms with Gasteiger partial charge in [-0.05, 0) is 38.1 Å². The maximum atomic E-state index is 12.6. The Kier molecular flexibility index (Phi) is 4.90. The van der Waals surface area contributed by atoms with Gasteiger partial charge in [0.25, 0.3) is 20.0 Å². The van der Waals surface area contributed by atoms with Gasteiger partial charge in [-0.25, -0.2) is 16.8 Å². The predicted octanol–water partition coefficient (Wildman–Crippen LogP) is 2.24. The Labute approximate surface area is 136 Å². The molecule has 0 amide bonds. The maximum absolute atomic E-state index is 12.6. The van der Waals surface area contributed by atoms with Crippen LogP contribution in [0.1, 0.15) is 11.1 Å². The molecule has 2 aromatic rings. The number of nitrogens with zero attached hydrogens (tertiary/aromatic N) is 1. The molecule has 0 fully saturated rings. The Morgan fingerprint density at radius 1 is 0.696 bits per heavy atom. The second-order valence-electron chi connectivity index (χ2n) is 4.98. The zero-order valence-corrected chi connectivity index (χ0v) is 14.6. The van der Waals surface area contributed by atoms with E-state index in [9.17, 15) is 16.8 Å². The summed E-state index contributed by atoms with van der Waals surface area (Å²) in [4.78, 5) is 4.37. The number of hydrogen-bond donors (Lipinski definition) is 0.